The standard InChI is InChI=1S/C27H28N4/c1-18-10-4-7-13-21(18)30-22-16-17-25(27(29)26(22)28)31(23-14-8-5-11-19(23)2)24-15-9-6-12-20(24)3/h4-17,30H,28-29H2,1-3H3. The molecule has 0 heterocycles. The molecule has 4 aromatic carbocycles. The van der Waals surface area contributed by atoms with Gasteiger partial charge in [0.05, 0.1) is 22.7 Å². The number of nitrogen functional groups attached to an aromatic ring is 2. The Kier molecular flexibility index (Phi) is 5.54. The van der Waals surface area contributed by atoms with E-state index in [1.54, 1.807) is 0 Å². The van der Waals surface area contributed by atoms with Crippen molar-refractivity contribution >= 4 is 39.8 Å². The van der Waals surface area contributed by atoms with E-state index in [-0.39, 0.29) is 0 Å². The molecule has 0 atom stereocenters. The highest BCUT2D eigenvalue weighted by Crippen LogP contribution is 2.44. The molecular formula is C27H28N4. The summed E-state index contributed by atoms with van der Waals surface area (Å²) in [5.74, 6) is 0. The van der Waals surface area contributed by atoms with Crippen molar-refractivity contribution in [1.82, 2.24) is 0 Å². The third-order valence-electron chi connectivity index (χ3n) is 5.63. The highest BCUT2D eigenvalue weighted by molar-refractivity contribution is 5.95. The van der Waals surface area contributed by atoms with E-state index in [0.717, 1.165) is 45.1 Å². The summed E-state index contributed by atoms with van der Waals surface area (Å²) in [5.41, 5.74) is 22.5. The van der Waals surface area contributed by atoms with Crippen molar-refractivity contribution in [2.24, 2.45) is 0 Å². The molecule has 0 radical (unpaired) electrons. The lowest BCUT2D eigenvalue weighted by molar-refractivity contribution is 1.23. The van der Waals surface area contributed by atoms with Gasteiger partial charge in [0.15, 0.2) is 0 Å². The highest BCUT2D eigenvalue weighted by atomic mass is 15.2. The van der Waals surface area contributed by atoms with Crippen LogP contribution in [-0.4, -0.2) is 0 Å². The van der Waals surface area contributed by atoms with E-state index >= 15 is 0 Å². The van der Waals surface area contributed by atoms with Gasteiger partial charge in [0.1, 0.15) is 0 Å². The average Bonchev–Trinajstić information content (AvgIpc) is 2.77. The first-order valence-corrected chi connectivity index (χ1v) is 10.4. The summed E-state index contributed by atoms with van der Waals surface area (Å²) in [6.45, 7) is 6.27. The van der Waals surface area contributed by atoms with Gasteiger partial charge in [0, 0.05) is 17.1 Å². The van der Waals surface area contributed by atoms with Crippen LogP contribution in [0.15, 0.2) is 84.9 Å². The predicted octanol–water partition coefficient (Wildman–Crippen LogP) is 6.99. The molecule has 4 nitrogen and oxygen atoms in total. The minimum atomic E-state index is 0.535. The molecule has 0 aromatic heterocycles. The monoisotopic (exact) mass is 408 g/mol. The van der Waals surface area contributed by atoms with Crippen LogP contribution in [0.2, 0.25) is 0 Å². The van der Waals surface area contributed by atoms with Crippen LogP contribution < -0.4 is 21.7 Å². The molecule has 4 rings (SSSR count). The maximum absolute atomic E-state index is 6.64. The number of hydrogen-bond acceptors (Lipinski definition) is 4. The second kappa shape index (κ2) is 8.44. The normalized spacial score (nSPS) is 10.7. The van der Waals surface area contributed by atoms with Crippen molar-refractivity contribution in [3.8, 4) is 0 Å². The van der Waals surface area contributed by atoms with Crippen LogP contribution in [-0.2, 0) is 0 Å². The lowest BCUT2D eigenvalue weighted by Gasteiger charge is -2.30. The van der Waals surface area contributed by atoms with Gasteiger partial charge in [-0.1, -0.05) is 54.6 Å². The molecule has 4 heteroatoms. The number of aryl methyl sites for hydroxylation is 3. The fraction of sp³-hybridized carbons (Fsp3) is 0.111. The molecule has 31 heavy (non-hydrogen) atoms. The van der Waals surface area contributed by atoms with E-state index in [9.17, 15) is 0 Å². The summed E-state index contributed by atoms with van der Waals surface area (Å²) in [6, 6.07) is 28.7. The molecular weight excluding hydrogens is 380 g/mol. The molecule has 0 amide bonds. The van der Waals surface area contributed by atoms with Crippen LogP contribution in [0.5, 0.6) is 0 Å². The maximum atomic E-state index is 6.64. The number of nitrogens with two attached hydrogens (primary N) is 2. The maximum Gasteiger partial charge on any atom is 0.0814 e. The van der Waals surface area contributed by atoms with Crippen molar-refractivity contribution in [1.29, 1.82) is 0 Å². The Morgan fingerprint density at radius 2 is 1.03 bits per heavy atom. The number of anilines is 7. The molecule has 0 aliphatic carbocycles. The van der Waals surface area contributed by atoms with Gasteiger partial charge in [-0.25, -0.2) is 0 Å². The number of hydrogen-bond donors (Lipinski definition) is 3. The zero-order valence-electron chi connectivity index (χ0n) is 18.2. The highest BCUT2D eigenvalue weighted by Gasteiger charge is 2.20. The Balaban J connectivity index is 1.85. The van der Waals surface area contributed by atoms with Gasteiger partial charge >= 0.3 is 0 Å². The minimum absolute atomic E-state index is 0.535. The number of benzene rings is 4. The topological polar surface area (TPSA) is 67.3 Å². The fourth-order valence-corrected chi connectivity index (χ4v) is 3.81. The second-order valence-corrected chi connectivity index (χ2v) is 7.81. The summed E-state index contributed by atoms with van der Waals surface area (Å²) >= 11 is 0. The fourth-order valence-electron chi connectivity index (χ4n) is 3.81. The van der Waals surface area contributed by atoms with Gasteiger partial charge < -0.3 is 21.7 Å². The summed E-state index contributed by atoms with van der Waals surface area (Å²) < 4.78 is 0. The Hall–Kier alpha value is -3.92. The van der Waals surface area contributed by atoms with Crippen LogP contribution in [0.25, 0.3) is 0 Å². The van der Waals surface area contributed by atoms with Crippen molar-refractivity contribution in [2.45, 2.75) is 20.8 Å². The van der Waals surface area contributed by atoms with Crippen LogP contribution in [0, 0.1) is 20.8 Å². The Morgan fingerprint density at radius 3 is 1.58 bits per heavy atom. The summed E-state index contributed by atoms with van der Waals surface area (Å²) in [4.78, 5) is 2.19. The van der Waals surface area contributed by atoms with Crippen LogP contribution in [0.4, 0.5) is 39.8 Å². The zero-order chi connectivity index (χ0) is 22.0. The number of para-hydroxylation sites is 3. The predicted molar refractivity (Wildman–Crippen MR) is 134 cm³/mol. The second-order valence-electron chi connectivity index (χ2n) is 7.81. The molecule has 156 valence electrons. The number of rotatable bonds is 5. The Labute approximate surface area is 184 Å². The van der Waals surface area contributed by atoms with E-state index in [0.29, 0.717) is 11.4 Å². The van der Waals surface area contributed by atoms with Crippen molar-refractivity contribution in [3.05, 3.63) is 102 Å². The van der Waals surface area contributed by atoms with Crippen LogP contribution >= 0.6 is 0 Å². The molecule has 0 spiro atoms. The van der Waals surface area contributed by atoms with Gasteiger partial charge in [0.25, 0.3) is 0 Å². The van der Waals surface area contributed by atoms with Crippen LogP contribution in [0.3, 0.4) is 0 Å². The number of nitrogens with one attached hydrogen (secondary N) is 1. The molecule has 0 aliphatic heterocycles. The van der Waals surface area contributed by atoms with E-state index in [1.807, 2.05) is 54.6 Å². The van der Waals surface area contributed by atoms with Crippen LogP contribution in [0.1, 0.15) is 16.7 Å². The minimum Gasteiger partial charge on any atom is -0.395 e. The first-order chi connectivity index (χ1) is 15.0. The molecule has 0 unspecified atom stereocenters. The average molecular weight is 409 g/mol. The molecule has 0 bridgehead atoms. The molecule has 0 aliphatic rings. The smallest absolute Gasteiger partial charge is 0.0814 e. The van der Waals surface area contributed by atoms with Gasteiger partial charge in [0.2, 0.25) is 0 Å². The van der Waals surface area contributed by atoms with Crippen molar-refractivity contribution in [3.63, 3.8) is 0 Å². The first-order valence-electron chi connectivity index (χ1n) is 10.4. The molecule has 5 N–H and O–H groups in total. The quantitative estimate of drug-likeness (QED) is 0.311. The van der Waals surface area contributed by atoms with Gasteiger partial charge in [-0.05, 0) is 67.8 Å². The molecule has 0 saturated heterocycles. The summed E-state index contributed by atoms with van der Waals surface area (Å²) in [5, 5.41) is 3.43. The largest absolute Gasteiger partial charge is 0.395 e. The third-order valence-corrected chi connectivity index (χ3v) is 5.63. The molecule has 0 fully saturated rings. The van der Waals surface area contributed by atoms with E-state index in [1.165, 1.54) is 0 Å². The Bertz CT molecular complexity index is 1180. The van der Waals surface area contributed by atoms with Gasteiger partial charge in [-0.3, -0.25) is 0 Å². The molecule has 4 aromatic rings. The number of nitrogens with zero attached hydrogens (tertiary/aromatic N) is 1. The lowest BCUT2D eigenvalue weighted by atomic mass is 10.1. The third kappa shape index (κ3) is 3.92. The van der Waals surface area contributed by atoms with Crippen molar-refractivity contribution in [2.75, 3.05) is 21.7 Å². The lowest BCUT2D eigenvalue weighted by Crippen LogP contribution is -2.15. The summed E-state index contributed by atoms with van der Waals surface area (Å²) in [7, 11) is 0. The molecule has 0 saturated carbocycles. The SMILES string of the molecule is Cc1ccccc1Nc1ccc(N(c2ccccc2C)c2ccccc2C)c(N)c1N. The van der Waals surface area contributed by atoms with Gasteiger partial charge in [-0.15, -0.1) is 0 Å². The van der Waals surface area contributed by atoms with Crippen molar-refractivity contribution < 1.29 is 0 Å². The van der Waals surface area contributed by atoms with E-state index < -0.39 is 0 Å². The van der Waals surface area contributed by atoms with Gasteiger partial charge in [-0.2, -0.15) is 0 Å². The van der Waals surface area contributed by atoms with E-state index in [4.69, 9.17) is 11.5 Å². The summed E-state index contributed by atoms with van der Waals surface area (Å²) in [6.07, 6.45) is 0. The van der Waals surface area contributed by atoms with E-state index in [2.05, 4.69) is 61.3 Å². The first kappa shape index (κ1) is 20.4. The Morgan fingerprint density at radius 1 is 0.516 bits per heavy atom. The zero-order valence-corrected chi connectivity index (χ0v) is 18.2.